The summed E-state index contributed by atoms with van der Waals surface area (Å²) in [6.07, 6.45) is 1.74. The Bertz CT molecular complexity index is 676. The van der Waals surface area contributed by atoms with Crippen LogP contribution < -0.4 is 10.6 Å². The Morgan fingerprint density at radius 3 is 2.68 bits per heavy atom. The second-order valence-electron chi connectivity index (χ2n) is 7.43. The molecule has 3 N–H and O–H groups in total. The molecule has 0 saturated heterocycles. The van der Waals surface area contributed by atoms with Crippen LogP contribution in [-0.4, -0.2) is 41.0 Å². The average Bonchev–Trinajstić information content (AvgIpc) is 3.04. The molecule has 25 heavy (non-hydrogen) atoms. The summed E-state index contributed by atoms with van der Waals surface area (Å²) in [6.45, 7) is 9.37. The minimum absolute atomic E-state index is 0.00676. The van der Waals surface area contributed by atoms with Crippen LogP contribution in [0.4, 0.5) is 5.69 Å². The fourth-order valence-corrected chi connectivity index (χ4v) is 2.65. The van der Waals surface area contributed by atoms with E-state index in [1.54, 1.807) is 0 Å². The minimum Gasteiger partial charge on any atom is -0.396 e. The van der Waals surface area contributed by atoms with Gasteiger partial charge in [0.15, 0.2) is 0 Å². The Balaban J connectivity index is 2.03. The number of nitrogens with one attached hydrogen (secondary N) is 2. The number of aromatic nitrogens is 2. The lowest BCUT2D eigenvalue weighted by Gasteiger charge is -2.20. The maximum Gasteiger partial charge on any atom is 0.232 e. The van der Waals surface area contributed by atoms with Crippen LogP contribution in [0.25, 0.3) is 11.4 Å². The molecule has 138 valence electrons. The Morgan fingerprint density at radius 2 is 2.04 bits per heavy atom. The Labute approximate surface area is 150 Å². The molecule has 0 saturated carbocycles. The van der Waals surface area contributed by atoms with Crippen LogP contribution in [0.1, 0.15) is 51.0 Å². The number of aryl methyl sites for hydroxylation is 1. The number of hydrogen-bond donors (Lipinski definition) is 3. The van der Waals surface area contributed by atoms with E-state index in [0.29, 0.717) is 11.7 Å². The van der Waals surface area contributed by atoms with Crippen LogP contribution in [-0.2, 0) is 0 Å². The van der Waals surface area contributed by atoms with Crippen LogP contribution in [0.15, 0.2) is 22.7 Å². The van der Waals surface area contributed by atoms with E-state index in [0.717, 1.165) is 36.2 Å². The van der Waals surface area contributed by atoms with Crippen molar-refractivity contribution in [2.24, 2.45) is 0 Å². The first-order chi connectivity index (χ1) is 11.8. The molecule has 0 aliphatic heterocycles. The lowest BCUT2D eigenvalue weighted by Crippen LogP contribution is -2.36. The fraction of sp³-hybridized carbons (Fsp3) is 0.579. The maximum absolute atomic E-state index is 9.68. The van der Waals surface area contributed by atoms with E-state index in [9.17, 15) is 5.11 Å². The SMILES string of the molecule is CNc1cc(-c2noc([C@H](CO)CCCNC(C)(C)C)n2)ccc1C. The monoisotopic (exact) mass is 346 g/mol. The van der Waals surface area contributed by atoms with Crippen LogP contribution in [0.3, 0.4) is 0 Å². The first-order valence-corrected chi connectivity index (χ1v) is 8.82. The van der Waals surface area contributed by atoms with Gasteiger partial charge >= 0.3 is 0 Å². The van der Waals surface area contributed by atoms with Crippen LogP contribution >= 0.6 is 0 Å². The molecule has 0 amide bonds. The predicted octanol–water partition coefficient (Wildman–Crippen LogP) is 3.33. The highest BCUT2D eigenvalue weighted by atomic mass is 16.5. The van der Waals surface area contributed by atoms with Crippen molar-refractivity contribution in [3.05, 3.63) is 29.7 Å². The zero-order chi connectivity index (χ0) is 18.4. The van der Waals surface area contributed by atoms with Crippen molar-refractivity contribution in [1.29, 1.82) is 0 Å². The summed E-state index contributed by atoms with van der Waals surface area (Å²) in [4.78, 5) is 4.50. The van der Waals surface area contributed by atoms with Crippen molar-refractivity contribution in [3.8, 4) is 11.4 Å². The molecule has 2 aromatic rings. The van der Waals surface area contributed by atoms with Crippen molar-refractivity contribution in [2.45, 2.75) is 52.0 Å². The third kappa shape index (κ3) is 5.54. The van der Waals surface area contributed by atoms with Gasteiger partial charge in [-0.15, -0.1) is 0 Å². The number of rotatable bonds is 8. The van der Waals surface area contributed by atoms with Crippen molar-refractivity contribution < 1.29 is 9.63 Å². The van der Waals surface area contributed by atoms with Gasteiger partial charge in [-0.3, -0.25) is 0 Å². The summed E-state index contributed by atoms with van der Waals surface area (Å²) >= 11 is 0. The summed E-state index contributed by atoms with van der Waals surface area (Å²) in [6, 6.07) is 6.01. The van der Waals surface area contributed by atoms with Gasteiger partial charge in [-0.25, -0.2) is 0 Å². The molecular weight excluding hydrogens is 316 g/mol. The molecule has 1 atom stereocenters. The van der Waals surface area contributed by atoms with Gasteiger partial charge in [-0.2, -0.15) is 4.98 Å². The third-order valence-electron chi connectivity index (χ3n) is 4.16. The Morgan fingerprint density at radius 1 is 1.28 bits per heavy atom. The zero-order valence-corrected chi connectivity index (χ0v) is 15.9. The van der Waals surface area contributed by atoms with Gasteiger partial charge in [0.2, 0.25) is 11.7 Å². The van der Waals surface area contributed by atoms with E-state index in [1.165, 1.54) is 0 Å². The van der Waals surface area contributed by atoms with E-state index >= 15 is 0 Å². The van der Waals surface area contributed by atoms with Gasteiger partial charge < -0.3 is 20.3 Å². The number of benzene rings is 1. The molecular formula is C19H30N4O2. The van der Waals surface area contributed by atoms with E-state index in [4.69, 9.17) is 4.52 Å². The van der Waals surface area contributed by atoms with Crippen LogP contribution in [0, 0.1) is 6.92 Å². The maximum atomic E-state index is 9.68. The average molecular weight is 346 g/mol. The molecule has 1 aromatic heterocycles. The van der Waals surface area contributed by atoms with E-state index in [2.05, 4.69) is 41.5 Å². The van der Waals surface area contributed by atoms with Gasteiger partial charge in [0.1, 0.15) is 0 Å². The molecule has 0 aliphatic carbocycles. The molecule has 0 spiro atoms. The second kappa shape index (κ2) is 8.45. The van der Waals surface area contributed by atoms with Crippen LogP contribution in [0.2, 0.25) is 0 Å². The van der Waals surface area contributed by atoms with Crippen LogP contribution in [0.5, 0.6) is 0 Å². The first-order valence-electron chi connectivity index (χ1n) is 8.82. The Hall–Kier alpha value is -1.92. The molecule has 0 unspecified atom stereocenters. The summed E-state index contributed by atoms with van der Waals surface area (Å²) in [5, 5.41) is 20.4. The lowest BCUT2D eigenvalue weighted by molar-refractivity contribution is 0.224. The molecule has 1 heterocycles. The van der Waals surface area contributed by atoms with Crippen molar-refractivity contribution in [3.63, 3.8) is 0 Å². The van der Waals surface area contributed by atoms with Gasteiger partial charge in [-0.1, -0.05) is 17.3 Å². The molecule has 0 fully saturated rings. The quantitative estimate of drug-likeness (QED) is 0.636. The molecule has 6 nitrogen and oxygen atoms in total. The second-order valence-corrected chi connectivity index (χ2v) is 7.43. The van der Waals surface area contributed by atoms with E-state index in [1.807, 2.05) is 32.2 Å². The predicted molar refractivity (Wildman–Crippen MR) is 101 cm³/mol. The molecule has 1 aromatic carbocycles. The summed E-state index contributed by atoms with van der Waals surface area (Å²) in [7, 11) is 1.89. The number of hydrogen-bond acceptors (Lipinski definition) is 6. The molecule has 0 radical (unpaired) electrons. The first kappa shape index (κ1) is 19.4. The van der Waals surface area contributed by atoms with E-state index in [-0.39, 0.29) is 18.1 Å². The highest BCUT2D eigenvalue weighted by molar-refractivity contribution is 5.64. The van der Waals surface area contributed by atoms with Gasteiger partial charge in [-0.05, 0) is 58.7 Å². The largest absolute Gasteiger partial charge is 0.396 e. The standard InChI is InChI=1S/C19H30N4O2/c1-13-8-9-14(11-16(13)20-5)17-22-18(25-23-17)15(12-24)7-6-10-21-19(2,3)4/h8-9,11,15,20-21,24H,6-7,10,12H2,1-5H3/t15-/m0/s1. The summed E-state index contributed by atoms with van der Waals surface area (Å²) < 4.78 is 5.41. The smallest absolute Gasteiger partial charge is 0.232 e. The van der Waals surface area contributed by atoms with E-state index < -0.39 is 0 Å². The summed E-state index contributed by atoms with van der Waals surface area (Å²) in [5.74, 6) is 0.926. The zero-order valence-electron chi connectivity index (χ0n) is 15.9. The summed E-state index contributed by atoms with van der Waals surface area (Å²) in [5.41, 5.74) is 3.20. The third-order valence-corrected chi connectivity index (χ3v) is 4.16. The van der Waals surface area contributed by atoms with Crippen molar-refractivity contribution in [2.75, 3.05) is 25.5 Å². The topological polar surface area (TPSA) is 83.2 Å². The molecule has 2 rings (SSSR count). The van der Waals surface area contributed by atoms with Gasteiger partial charge in [0, 0.05) is 23.8 Å². The number of aliphatic hydroxyl groups is 1. The highest BCUT2D eigenvalue weighted by Crippen LogP contribution is 2.26. The number of anilines is 1. The number of nitrogens with zero attached hydrogens (tertiary/aromatic N) is 2. The molecule has 0 bridgehead atoms. The highest BCUT2D eigenvalue weighted by Gasteiger charge is 2.19. The van der Waals surface area contributed by atoms with Gasteiger partial charge in [0.25, 0.3) is 0 Å². The fourth-order valence-electron chi connectivity index (χ4n) is 2.65. The molecule has 0 aliphatic rings. The normalized spacial score (nSPS) is 13.0. The minimum atomic E-state index is -0.128. The van der Waals surface area contributed by atoms with Gasteiger partial charge in [0.05, 0.1) is 12.5 Å². The van der Waals surface area contributed by atoms with Crippen molar-refractivity contribution in [1.82, 2.24) is 15.5 Å². The molecule has 6 heteroatoms. The number of aliphatic hydroxyl groups excluding tert-OH is 1. The van der Waals surface area contributed by atoms with Crippen molar-refractivity contribution >= 4 is 5.69 Å². The Kier molecular flexibility index (Phi) is 6.56. The lowest BCUT2D eigenvalue weighted by atomic mass is 10.0.